The van der Waals surface area contributed by atoms with Crippen molar-refractivity contribution in [1.82, 2.24) is 0 Å². The van der Waals surface area contributed by atoms with Crippen LogP contribution in [0.4, 0.5) is 0 Å². The van der Waals surface area contributed by atoms with E-state index in [9.17, 15) is 4.79 Å². The van der Waals surface area contributed by atoms with Crippen LogP contribution in [0.15, 0.2) is 0 Å². The first-order chi connectivity index (χ1) is 2.77. The third kappa shape index (κ3) is 10.7. The Morgan fingerprint density at radius 3 is 2.29 bits per heavy atom. The molecule has 0 radical (unpaired) electrons. The van der Waals surface area contributed by atoms with E-state index in [2.05, 4.69) is 5.32 Å². The number of hydrogen-bond donors (Lipinski definition) is 0. The van der Waals surface area contributed by atoms with E-state index in [1.807, 2.05) is 0 Å². The second kappa shape index (κ2) is 5.96. The smallest absolute Gasteiger partial charge is 0.494 e. The molecule has 0 saturated heterocycles. The average molecular weight is 106 g/mol. The van der Waals surface area contributed by atoms with E-state index in [-0.39, 0.29) is 29.6 Å². The summed E-state index contributed by atoms with van der Waals surface area (Å²) < 4.78 is 0. The van der Waals surface area contributed by atoms with E-state index in [1.54, 1.807) is 0 Å². The van der Waals surface area contributed by atoms with Crippen LogP contribution in [0.25, 0.3) is 5.32 Å². The maximum Gasteiger partial charge on any atom is 1.00 e. The largest absolute Gasteiger partial charge is 1.00 e. The maximum absolute atomic E-state index is 9.65. The summed E-state index contributed by atoms with van der Waals surface area (Å²) in [7, 11) is 0. The van der Waals surface area contributed by atoms with E-state index in [0.717, 1.165) is 0 Å². The molecule has 4 heteroatoms. The van der Waals surface area contributed by atoms with Crippen molar-refractivity contribution in [3.8, 4) is 6.19 Å². The van der Waals surface area contributed by atoms with Crippen molar-refractivity contribution < 1.29 is 34.4 Å². The SMILES string of the molecule is CC(=O)[N-]C#N.[Na+]. The fraction of sp³-hybridized carbons (Fsp3) is 0.333. The number of nitriles is 1. The molecule has 1 amide bonds. The van der Waals surface area contributed by atoms with Crippen molar-refractivity contribution in [2.75, 3.05) is 0 Å². The van der Waals surface area contributed by atoms with Crippen LogP contribution in [0, 0.1) is 11.5 Å². The van der Waals surface area contributed by atoms with Gasteiger partial charge in [-0.15, -0.1) is 0 Å². The Kier molecular flexibility index (Phi) is 8.56. The summed E-state index contributed by atoms with van der Waals surface area (Å²) in [6.07, 6.45) is 1.34. The van der Waals surface area contributed by atoms with Crippen molar-refractivity contribution in [2.24, 2.45) is 0 Å². The van der Waals surface area contributed by atoms with Crippen LogP contribution >= 0.6 is 0 Å². The van der Waals surface area contributed by atoms with Gasteiger partial charge in [0.2, 0.25) is 0 Å². The molecule has 0 saturated carbocycles. The first-order valence-electron chi connectivity index (χ1n) is 1.37. The number of amides is 1. The Hall–Kier alpha value is -0.0400. The molecule has 0 rings (SSSR count). The maximum atomic E-state index is 9.65. The van der Waals surface area contributed by atoms with Gasteiger partial charge in [0.1, 0.15) is 5.91 Å². The third-order valence-corrected chi connectivity index (χ3v) is 0.207. The monoisotopic (exact) mass is 106 g/mol. The molecule has 0 aromatic rings. The van der Waals surface area contributed by atoms with Crippen LogP contribution in [0.3, 0.4) is 0 Å². The van der Waals surface area contributed by atoms with Crippen LogP contribution in [0.1, 0.15) is 6.92 Å². The van der Waals surface area contributed by atoms with Gasteiger partial charge < -0.3 is 10.6 Å². The Morgan fingerprint density at radius 2 is 2.29 bits per heavy atom. The Balaban J connectivity index is 0. The van der Waals surface area contributed by atoms with E-state index < -0.39 is 5.91 Å². The molecular weight excluding hydrogens is 103 g/mol. The van der Waals surface area contributed by atoms with Gasteiger partial charge in [0.25, 0.3) is 0 Å². The minimum absolute atomic E-state index is 0. The summed E-state index contributed by atoms with van der Waals surface area (Å²) in [6.45, 7) is 1.23. The minimum Gasteiger partial charge on any atom is -0.494 e. The van der Waals surface area contributed by atoms with Gasteiger partial charge in [0, 0.05) is 0 Å². The summed E-state index contributed by atoms with van der Waals surface area (Å²) >= 11 is 0. The van der Waals surface area contributed by atoms with Gasteiger partial charge in [0.05, 0.1) is 0 Å². The third-order valence-electron chi connectivity index (χ3n) is 0.207. The molecule has 0 spiro atoms. The zero-order valence-electron chi connectivity index (χ0n) is 4.30. The molecule has 0 aliphatic heterocycles. The van der Waals surface area contributed by atoms with Crippen molar-refractivity contribution >= 4 is 5.91 Å². The Morgan fingerprint density at radius 1 is 1.86 bits per heavy atom. The molecule has 0 fully saturated rings. The minimum atomic E-state index is -0.447. The molecule has 0 aliphatic carbocycles. The number of carbonyl (C=O) groups is 1. The second-order valence-electron chi connectivity index (χ2n) is 0.731. The molecule has 0 aromatic carbocycles. The number of carbonyl (C=O) groups excluding carboxylic acids is 1. The first kappa shape index (κ1) is 10.0. The second-order valence-corrected chi connectivity index (χ2v) is 0.731. The number of rotatable bonds is 0. The quantitative estimate of drug-likeness (QED) is 0.251. The summed E-state index contributed by atoms with van der Waals surface area (Å²) in [5, 5.41) is 10.4. The van der Waals surface area contributed by atoms with Gasteiger partial charge in [-0.05, 0) is 6.92 Å². The van der Waals surface area contributed by atoms with Crippen molar-refractivity contribution in [1.29, 1.82) is 5.26 Å². The van der Waals surface area contributed by atoms with Gasteiger partial charge in [-0.25, -0.2) is 0 Å². The van der Waals surface area contributed by atoms with Crippen molar-refractivity contribution in [3.05, 3.63) is 5.32 Å². The number of nitrogens with zero attached hydrogens (tertiary/aromatic N) is 2. The van der Waals surface area contributed by atoms with Crippen LogP contribution in [0.2, 0.25) is 0 Å². The Bertz CT molecular complexity index is 95.6. The molecule has 0 unspecified atom stereocenters. The van der Waals surface area contributed by atoms with Crippen molar-refractivity contribution in [2.45, 2.75) is 6.92 Å². The summed E-state index contributed by atoms with van der Waals surface area (Å²) in [5.41, 5.74) is 0. The van der Waals surface area contributed by atoms with Gasteiger partial charge >= 0.3 is 29.6 Å². The molecule has 0 N–H and O–H groups in total. The predicted octanol–water partition coefficient (Wildman–Crippen LogP) is -2.61. The van der Waals surface area contributed by atoms with Gasteiger partial charge in [-0.3, -0.25) is 4.79 Å². The molecular formula is C3H3N2NaO. The fourth-order valence-electron chi connectivity index (χ4n) is 0.0704. The molecule has 0 aliphatic rings. The zero-order chi connectivity index (χ0) is 4.99. The Labute approximate surface area is 64.0 Å². The van der Waals surface area contributed by atoms with E-state index in [4.69, 9.17) is 5.26 Å². The summed E-state index contributed by atoms with van der Waals surface area (Å²) in [4.78, 5) is 9.65. The predicted molar refractivity (Wildman–Crippen MR) is 19.7 cm³/mol. The van der Waals surface area contributed by atoms with Crippen LogP contribution in [0.5, 0.6) is 0 Å². The summed E-state index contributed by atoms with van der Waals surface area (Å²) in [6, 6.07) is 0. The van der Waals surface area contributed by atoms with E-state index in [0.29, 0.717) is 0 Å². The first-order valence-corrected chi connectivity index (χ1v) is 1.37. The van der Waals surface area contributed by atoms with Gasteiger partial charge in [0.15, 0.2) is 0 Å². The molecule has 0 heterocycles. The van der Waals surface area contributed by atoms with E-state index in [1.165, 1.54) is 13.1 Å². The zero-order valence-corrected chi connectivity index (χ0v) is 6.30. The fourth-order valence-corrected chi connectivity index (χ4v) is 0.0704. The van der Waals surface area contributed by atoms with Gasteiger partial charge in [-0.1, -0.05) is 6.19 Å². The normalized spacial score (nSPS) is 5.14. The topological polar surface area (TPSA) is 55.0 Å². The van der Waals surface area contributed by atoms with Crippen molar-refractivity contribution in [3.63, 3.8) is 0 Å². The number of hydrogen-bond acceptors (Lipinski definition) is 2. The van der Waals surface area contributed by atoms with Gasteiger partial charge in [-0.2, -0.15) is 0 Å². The molecule has 32 valence electrons. The van der Waals surface area contributed by atoms with E-state index >= 15 is 0 Å². The van der Waals surface area contributed by atoms with Crippen LogP contribution in [-0.2, 0) is 4.79 Å². The molecule has 3 nitrogen and oxygen atoms in total. The van der Waals surface area contributed by atoms with Crippen LogP contribution < -0.4 is 29.6 Å². The molecule has 7 heavy (non-hydrogen) atoms. The average Bonchev–Trinajstić information content (AvgIpc) is 1.35. The van der Waals surface area contributed by atoms with Crippen LogP contribution in [-0.4, -0.2) is 5.91 Å². The summed E-state index contributed by atoms with van der Waals surface area (Å²) in [5.74, 6) is -0.447. The molecule has 0 atom stereocenters. The molecule has 0 bridgehead atoms. The standard InChI is InChI=1S/C3H4N2O.Na/c1-3(6)5-2-4;/h1H3,(H,5,6);/q;+1/p-1. The molecule has 0 aromatic heterocycles.